The maximum atomic E-state index is 6.20. The lowest BCUT2D eigenvalue weighted by molar-refractivity contribution is 0.415. The fourth-order valence-electron chi connectivity index (χ4n) is 2.71. The molecule has 22 heavy (non-hydrogen) atoms. The van der Waals surface area contributed by atoms with Gasteiger partial charge in [0.15, 0.2) is 11.6 Å². The Morgan fingerprint density at radius 1 is 1.18 bits per heavy atom. The average molecular weight is 299 g/mol. The number of nitrogens with one attached hydrogen (secondary N) is 2. The van der Waals surface area contributed by atoms with Gasteiger partial charge in [-0.2, -0.15) is 0 Å². The molecule has 0 saturated heterocycles. The molecule has 4 N–H and O–H groups in total. The van der Waals surface area contributed by atoms with Gasteiger partial charge in [0, 0.05) is 17.8 Å². The normalized spacial score (nSPS) is 14.8. The summed E-state index contributed by atoms with van der Waals surface area (Å²) in [5.74, 6) is 2.08. The van der Waals surface area contributed by atoms with Crippen LogP contribution >= 0.6 is 0 Å². The van der Waals surface area contributed by atoms with Crippen LogP contribution < -0.4 is 21.1 Å². The molecule has 0 aliphatic heterocycles. The third-order valence-electron chi connectivity index (χ3n) is 3.91. The molecule has 1 fully saturated rings. The highest BCUT2D eigenvalue weighted by Gasteiger charge is 2.17. The molecule has 0 atom stereocenters. The fraction of sp³-hybridized carbons (Fsp3) is 0.375. The number of nitrogen functional groups attached to an aromatic ring is 1. The van der Waals surface area contributed by atoms with Crippen LogP contribution in [0.15, 0.2) is 30.6 Å². The van der Waals surface area contributed by atoms with Crippen molar-refractivity contribution in [2.24, 2.45) is 0 Å². The summed E-state index contributed by atoms with van der Waals surface area (Å²) in [5, 5.41) is 6.63. The lowest BCUT2D eigenvalue weighted by atomic mass is 10.2. The summed E-state index contributed by atoms with van der Waals surface area (Å²) >= 11 is 0. The number of hydrogen-bond acceptors (Lipinski definition) is 6. The summed E-state index contributed by atoms with van der Waals surface area (Å²) in [6, 6.07) is 8.10. The molecule has 2 aromatic rings. The first-order chi connectivity index (χ1) is 10.8. The Labute approximate surface area is 130 Å². The summed E-state index contributed by atoms with van der Waals surface area (Å²) < 4.78 is 5.22. The molecular weight excluding hydrogens is 278 g/mol. The topological polar surface area (TPSA) is 85.1 Å². The van der Waals surface area contributed by atoms with Crippen molar-refractivity contribution >= 4 is 23.0 Å². The number of nitrogens with two attached hydrogens (primary N) is 1. The molecule has 1 saturated carbocycles. The first kappa shape index (κ1) is 14.4. The van der Waals surface area contributed by atoms with E-state index in [2.05, 4.69) is 20.6 Å². The Hall–Kier alpha value is -2.50. The molecule has 6 nitrogen and oxygen atoms in total. The summed E-state index contributed by atoms with van der Waals surface area (Å²) in [6.45, 7) is 0. The summed E-state index contributed by atoms with van der Waals surface area (Å²) in [4.78, 5) is 8.50. The van der Waals surface area contributed by atoms with Crippen LogP contribution in [0.3, 0.4) is 0 Å². The van der Waals surface area contributed by atoms with Crippen molar-refractivity contribution in [1.29, 1.82) is 0 Å². The van der Waals surface area contributed by atoms with E-state index < -0.39 is 0 Å². The second-order valence-electron chi connectivity index (χ2n) is 5.47. The van der Waals surface area contributed by atoms with E-state index in [0.717, 1.165) is 11.4 Å². The SMILES string of the molecule is COc1cccc(Nc2ncnc(NC3CCCC3)c2N)c1. The van der Waals surface area contributed by atoms with E-state index in [1.807, 2.05) is 24.3 Å². The van der Waals surface area contributed by atoms with E-state index in [4.69, 9.17) is 10.5 Å². The predicted octanol–water partition coefficient (Wildman–Crippen LogP) is 3.17. The van der Waals surface area contributed by atoms with Gasteiger partial charge in [-0.3, -0.25) is 0 Å². The second kappa shape index (κ2) is 6.51. The molecule has 1 aromatic carbocycles. The van der Waals surface area contributed by atoms with Crippen LogP contribution in [0.2, 0.25) is 0 Å². The second-order valence-corrected chi connectivity index (χ2v) is 5.47. The predicted molar refractivity (Wildman–Crippen MR) is 88.6 cm³/mol. The number of anilines is 4. The molecule has 6 heteroatoms. The molecule has 0 radical (unpaired) electrons. The molecule has 3 rings (SSSR count). The van der Waals surface area contributed by atoms with Crippen molar-refractivity contribution in [3.63, 3.8) is 0 Å². The molecule has 0 bridgehead atoms. The largest absolute Gasteiger partial charge is 0.497 e. The van der Waals surface area contributed by atoms with Crippen LogP contribution in [0.1, 0.15) is 25.7 Å². The van der Waals surface area contributed by atoms with Crippen LogP contribution in [-0.2, 0) is 0 Å². The minimum Gasteiger partial charge on any atom is -0.497 e. The maximum absolute atomic E-state index is 6.20. The zero-order chi connectivity index (χ0) is 15.4. The minimum absolute atomic E-state index is 0.460. The number of rotatable bonds is 5. The third kappa shape index (κ3) is 3.21. The number of benzene rings is 1. The Balaban J connectivity index is 1.78. The van der Waals surface area contributed by atoms with Gasteiger partial charge >= 0.3 is 0 Å². The fourth-order valence-corrected chi connectivity index (χ4v) is 2.71. The van der Waals surface area contributed by atoms with Gasteiger partial charge < -0.3 is 21.1 Å². The van der Waals surface area contributed by atoms with Gasteiger partial charge in [0.1, 0.15) is 17.8 Å². The molecule has 0 unspecified atom stereocenters. The van der Waals surface area contributed by atoms with E-state index in [1.165, 1.54) is 32.0 Å². The molecule has 0 amide bonds. The quantitative estimate of drug-likeness (QED) is 0.786. The third-order valence-corrected chi connectivity index (χ3v) is 3.91. The van der Waals surface area contributed by atoms with Crippen molar-refractivity contribution in [3.05, 3.63) is 30.6 Å². The highest BCUT2D eigenvalue weighted by atomic mass is 16.5. The highest BCUT2D eigenvalue weighted by molar-refractivity contribution is 5.77. The first-order valence-electron chi connectivity index (χ1n) is 7.54. The molecular formula is C16H21N5O. The number of hydrogen-bond donors (Lipinski definition) is 3. The van der Waals surface area contributed by atoms with E-state index in [-0.39, 0.29) is 0 Å². The van der Waals surface area contributed by atoms with Gasteiger partial charge in [-0.05, 0) is 25.0 Å². The van der Waals surface area contributed by atoms with Gasteiger partial charge in [-0.1, -0.05) is 18.9 Å². The summed E-state index contributed by atoms with van der Waals surface area (Å²) in [5.41, 5.74) is 7.61. The average Bonchev–Trinajstić information content (AvgIpc) is 3.04. The van der Waals surface area contributed by atoms with Crippen LogP contribution in [0.4, 0.5) is 23.0 Å². The standard InChI is InChI=1S/C16H21N5O/c1-22-13-8-4-7-12(9-13)21-16-14(17)15(18-10-19-16)20-11-5-2-3-6-11/h4,7-11H,2-3,5-6,17H2,1H3,(H2,18,19,20,21). The Morgan fingerprint density at radius 3 is 2.73 bits per heavy atom. The Bertz CT molecular complexity index is 640. The van der Waals surface area contributed by atoms with E-state index in [9.17, 15) is 0 Å². The van der Waals surface area contributed by atoms with Crippen molar-refractivity contribution in [2.75, 3.05) is 23.5 Å². The van der Waals surface area contributed by atoms with Crippen LogP contribution in [-0.4, -0.2) is 23.1 Å². The van der Waals surface area contributed by atoms with Gasteiger partial charge in [0.25, 0.3) is 0 Å². The van der Waals surface area contributed by atoms with Gasteiger partial charge in [-0.15, -0.1) is 0 Å². The zero-order valence-electron chi connectivity index (χ0n) is 12.7. The van der Waals surface area contributed by atoms with Crippen LogP contribution in [0.25, 0.3) is 0 Å². The van der Waals surface area contributed by atoms with Crippen LogP contribution in [0.5, 0.6) is 5.75 Å². The molecule has 116 valence electrons. The van der Waals surface area contributed by atoms with Crippen molar-refractivity contribution in [1.82, 2.24) is 9.97 Å². The number of ether oxygens (including phenoxy) is 1. The molecule has 1 aromatic heterocycles. The van der Waals surface area contributed by atoms with Crippen LogP contribution in [0, 0.1) is 0 Å². The first-order valence-corrected chi connectivity index (χ1v) is 7.54. The molecule has 1 aliphatic rings. The highest BCUT2D eigenvalue weighted by Crippen LogP contribution is 2.29. The van der Waals surface area contributed by atoms with Gasteiger partial charge in [-0.25, -0.2) is 9.97 Å². The smallest absolute Gasteiger partial charge is 0.159 e. The van der Waals surface area contributed by atoms with Crippen molar-refractivity contribution in [2.45, 2.75) is 31.7 Å². The lowest BCUT2D eigenvalue weighted by Crippen LogP contribution is -2.17. The summed E-state index contributed by atoms with van der Waals surface area (Å²) in [6.07, 6.45) is 6.38. The summed E-state index contributed by atoms with van der Waals surface area (Å²) in [7, 11) is 1.64. The van der Waals surface area contributed by atoms with E-state index in [1.54, 1.807) is 7.11 Å². The molecule has 0 spiro atoms. The monoisotopic (exact) mass is 299 g/mol. The number of methoxy groups -OCH3 is 1. The molecule has 1 aliphatic carbocycles. The number of nitrogens with zero attached hydrogens (tertiary/aromatic N) is 2. The Morgan fingerprint density at radius 2 is 1.95 bits per heavy atom. The van der Waals surface area contributed by atoms with Gasteiger partial charge in [0.2, 0.25) is 0 Å². The minimum atomic E-state index is 0.460. The van der Waals surface area contributed by atoms with Crippen molar-refractivity contribution < 1.29 is 4.74 Å². The van der Waals surface area contributed by atoms with Crippen molar-refractivity contribution in [3.8, 4) is 5.75 Å². The maximum Gasteiger partial charge on any atom is 0.159 e. The molecule has 1 heterocycles. The van der Waals surface area contributed by atoms with E-state index in [0.29, 0.717) is 23.4 Å². The Kier molecular flexibility index (Phi) is 4.27. The van der Waals surface area contributed by atoms with E-state index >= 15 is 0 Å². The number of aromatic nitrogens is 2. The van der Waals surface area contributed by atoms with Gasteiger partial charge in [0.05, 0.1) is 7.11 Å². The lowest BCUT2D eigenvalue weighted by Gasteiger charge is -2.16. The zero-order valence-corrected chi connectivity index (χ0v) is 12.7.